The van der Waals surface area contributed by atoms with Crippen LogP contribution >= 0.6 is 0 Å². The molecule has 0 saturated heterocycles. The Hall–Kier alpha value is 0.616. The van der Waals surface area contributed by atoms with Crippen molar-refractivity contribution in [3.05, 3.63) is 36.2 Å². The Morgan fingerprint density at radius 2 is 2.24 bits per heavy atom. The molecular formula is C14H20KNO. The molecule has 0 fully saturated rings. The van der Waals surface area contributed by atoms with E-state index in [1.807, 2.05) is 6.92 Å². The molecule has 0 aliphatic heterocycles. The molecule has 0 heterocycles. The molecule has 1 aliphatic rings. The van der Waals surface area contributed by atoms with Crippen LogP contribution in [0.25, 0.3) is 0 Å². The molecule has 0 aromatic heterocycles. The number of ether oxygens (including phenoxy) is 1. The maximum absolute atomic E-state index is 6.17. The summed E-state index contributed by atoms with van der Waals surface area (Å²) in [6.07, 6.45) is 3.01. The van der Waals surface area contributed by atoms with Gasteiger partial charge in [0.25, 0.3) is 0 Å². The second kappa shape index (κ2) is 7.27. The van der Waals surface area contributed by atoms with Crippen molar-refractivity contribution in [1.82, 2.24) is 0 Å². The first kappa shape index (κ1) is 15.7. The van der Waals surface area contributed by atoms with Crippen molar-refractivity contribution in [1.29, 1.82) is 0 Å². The van der Waals surface area contributed by atoms with Gasteiger partial charge in [0, 0.05) is 6.04 Å². The zero-order chi connectivity index (χ0) is 11.5. The Bertz CT molecular complexity index is 367. The van der Waals surface area contributed by atoms with Gasteiger partial charge in [0.2, 0.25) is 0 Å². The van der Waals surface area contributed by atoms with Crippen LogP contribution in [0.4, 0.5) is 0 Å². The average molecular weight is 257 g/mol. The van der Waals surface area contributed by atoms with E-state index < -0.39 is 0 Å². The fourth-order valence-corrected chi connectivity index (χ4v) is 2.59. The number of hydrogen-bond donors (Lipinski definition) is 1. The summed E-state index contributed by atoms with van der Waals surface area (Å²) in [6.45, 7) is 6.64. The summed E-state index contributed by atoms with van der Waals surface area (Å²) >= 11 is 0. The topological polar surface area (TPSA) is 35.2 Å². The third-order valence-electron chi connectivity index (χ3n) is 3.31. The first-order valence-electron chi connectivity index (χ1n) is 6.06. The van der Waals surface area contributed by atoms with E-state index in [2.05, 4.69) is 25.1 Å². The van der Waals surface area contributed by atoms with E-state index in [0.29, 0.717) is 12.5 Å². The standard InChI is InChI=1S/C14H20NO.K/c1-3-5-13-12-7-6-11(16-4-2)8-10(12)9-14(13)15;/h6-8,13-14H,1,3-5,9,15H2,2H3;/q-1;+1. The van der Waals surface area contributed by atoms with Gasteiger partial charge in [-0.3, -0.25) is 0 Å². The molecule has 1 aromatic rings. The van der Waals surface area contributed by atoms with Crippen LogP contribution in [-0.2, 0) is 6.42 Å². The van der Waals surface area contributed by atoms with Crippen LogP contribution in [0.1, 0.15) is 36.8 Å². The Balaban J connectivity index is 0.00000144. The van der Waals surface area contributed by atoms with Gasteiger partial charge in [-0.05, 0) is 42.5 Å². The smallest absolute Gasteiger partial charge is 0.494 e. The summed E-state index contributed by atoms with van der Waals surface area (Å²) in [6, 6.07) is 6.62. The fraction of sp³-hybridized carbons (Fsp3) is 0.500. The normalized spacial score (nSPS) is 21.8. The van der Waals surface area contributed by atoms with E-state index in [1.54, 1.807) is 0 Å². The van der Waals surface area contributed by atoms with E-state index in [-0.39, 0.29) is 57.4 Å². The number of hydrogen-bond acceptors (Lipinski definition) is 2. The van der Waals surface area contributed by atoms with Crippen molar-refractivity contribution in [2.24, 2.45) is 5.73 Å². The summed E-state index contributed by atoms with van der Waals surface area (Å²) in [5, 5.41) is 0. The third kappa shape index (κ3) is 3.55. The van der Waals surface area contributed by atoms with Crippen LogP contribution in [0.15, 0.2) is 18.2 Å². The predicted molar refractivity (Wildman–Crippen MR) is 66.6 cm³/mol. The maximum Gasteiger partial charge on any atom is 1.00 e. The maximum atomic E-state index is 6.17. The summed E-state index contributed by atoms with van der Waals surface area (Å²) in [5.74, 6) is 1.45. The molecule has 1 aliphatic carbocycles. The second-order valence-corrected chi connectivity index (χ2v) is 4.41. The van der Waals surface area contributed by atoms with Gasteiger partial charge in [0.05, 0.1) is 6.61 Å². The van der Waals surface area contributed by atoms with Gasteiger partial charge in [-0.15, -0.1) is 0 Å². The molecule has 0 bridgehead atoms. The SMILES string of the molecule is [CH2-]CCC1c2ccc(OCC)cc2CC1N.[K+]. The van der Waals surface area contributed by atoms with Crippen LogP contribution in [0, 0.1) is 6.92 Å². The molecule has 0 radical (unpaired) electrons. The van der Waals surface area contributed by atoms with Crippen molar-refractivity contribution in [2.45, 2.75) is 38.1 Å². The van der Waals surface area contributed by atoms with Crippen LogP contribution in [-0.4, -0.2) is 12.6 Å². The molecule has 0 saturated carbocycles. The van der Waals surface area contributed by atoms with Crippen molar-refractivity contribution >= 4 is 0 Å². The molecule has 2 nitrogen and oxygen atoms in total. The molecule has 2 N–H and O–H groups in total. The van der Waals surface area contributed by atoms with Gasteiger partial charge < -0.3 is 17.4 Å². The molecule has 3 heteroatoms. The van der Waals surface area contributed by atoms with Crippen molar-refractivity contribution in [3.63, 3.8) is 0 Å². The number of fused-ring (bicyclic) bond motifs is 1. The van der Waals surface area contributed by atoms with Crippen LogP contribution in [0.2, 0.25) is 0 Å². The molecule has 88 valence electrons. The Morgan fingerprint density at radius 3 is 2.88 bits per heavy atom. The van der Waals surface area contributed by atoms with E-state index >= 15 is 0 Å². The van der Waals surface area contributed by atoms with Crippen molar-refractivity contribution in [2.75, 3.05) is 6.61 Å². The first-order chi connectivity index (χ1) is 7.76. The first-order valence-corrected chi connectivity index (χ1v) is 6.06. The minimum atomic E-state index is 0. The zero-order valence-corrected chi connectivity index (χ0v) is 14.0. The van der Waals surface area contributed by atoms with E-state index in [9.17, 15) is 0 Å². The van der Waals surface area contributed by atoms with Crippen molar-refractivity contribution in [3.8, 4) is 5.75 Å². The van der Waals surface area contributed by atoms with Gasteiger partial charge in [-0.25, -0.2) is 0 Å². The number of nitrogens with two attached hydrogens (primary N) is 1. The van der Waals surface area contributed by atoms with Gasteiger partial charge in [0.15, 0.2) is 0 Å². The fourth-order valence-electron chi connectivity index (χ4n) is 2.59. The van der Waals surface area contributed by atoms with E-state index in [4.69, 9.17) is 10.5 Å². The molecule has 17 heavy (non-hydrogen) atoms. The molecule has 1 aromatic carbocycles. The Labute approximate surface area is 147 Å². The number of rotatable bonds is 4. The average Bonchev–Trinajstić information content (AvgIpc) is 2.56. The third-order valence-corrected chi connectivity index (χ3v) is 3.31. The molecular weight excluding hydrogens is 237 g/mol. The number of benzene rings is 1. The molecule has 2 unspecified atom stereocenters. The Kier molecular flexibility index (Phi) is 6.70. The Morgan fingerprint density at radius 1 is 1.47 bits per heavy atom. The molecule has 0 amide bonds. The molecule has 2 atom stereocenters. The van der Waals surface area contributed by atoms with Crippen LogP contribution in [0.5, 0.6) is 5.75 Å². The summed E-state index contributed by atoms with van der Waals surface area (Å²) in [4.78, 5) is 0. The minimum absolute atomic E-state index is 0. The van der Waals surface area contributed by atoms with Gasteiger partial charge in [-0.1, -0.05) is 12.5 Å². The van der Waals surface area contributed by atoms with Gasteiger partial charge >= 0.3 is 51.4 Å². The van der Waals surface area contributed by atoms with Gasteiger partial charge in [-0.2, -0.15) is 6.42 Å². The largest absolute Gasteiger partial charge is 1.00 e. The van der Waals surface area contributed by atoms with Crippen molar-refractivity contribution < 1.29 is 56.1 Å². The molecule has 0 spiro atoms. The molecule has 2 rings (SSSR count). The van der Waals surface area contributed by atoms with Crippen LogP contribution in [0.3, 0.4) is 0 Å². The predicted octanol–water partition coefficient (Wildman–Crippen LogP) is -0.329. The van der Waals surface area contributed by atoms with E-state index in [0.717, 1.165) is 25.0 Å². The van der Waals surface area contributed by atoms with Crippen LogP contribution < -0.4 is 61.9 Å². The summed E-state index contributed by atoms with van der Waals surface area (Å²) in [7, 11) is 0. The quantitative estimate of drug-likeness (QED) is 0.592. The monoisotopic (exact) mass is 257 g/mol. The summed E-state index contributed by atoms with van der Waals surface area (Å²) in [5.41, 5.74) is 8.93. The van der Waals surface area contributed by atoms with E-state index in [1.165, 1.54) is 11.1 Å². The summed E-state index contributed by atoms with van der Waals surface area (Å²) < 4.78 is 5.51. The second-order valence-electron chi connectivity index (χ2n) is 4.41. The zero-order valence-electron chi connectivity index (χ0n) is 10.9. The minimum Gasteiger partial charge on any atom is -0.494 e. The van der Waals surface area contributed by atoms with Gasteiger partial charge in [0.1, 0.15) is 5.75 Å².